The highest BCUT2D eigenvalue weighted by molar-refractivity contribution is 7.80. The molecule has 4 nitrogen and oxygen atoms in total. The molecule has 0 radical (unpaired) electrons. The highest BCUT2D eigenvalue weighted by Crippen LogP contribution is 2.22. The summed E-state index contributed by atoms with van der Waals surface area (Å²) in [6.07, 6.45) is 0. The van der Waals surface area contributed by atoms with Crippen LogP contribution in [0.5, 0.6) is 5.75 Å². The first-order valence-corrected chi connectivity index (χ1v) is 7.46. The monoisotopic (exact) mass is 316 g/mol. The molecule has 0 unspecified atom stereocenters. The first kappa shape index (κ1) is 13.8. The Labute approximate surface area is 130 Å². The Kier molecular flexibility index (Phi) is 3.72. The Morgan fingerprint density at radius 2 is 2.05 bits per heavy atom. The van der Waals surface area contributed by atoms with Crippen LogP contribution in [0.15, 0.2) is 53.3 Å². The van der Waals surface area contributed by atoms with Crippen LogP contribution >= 0.6 is 23.8 Å². The van der Waals surface area contributed by atoms with E-state index in [1.807, 2.05) is 36.4 Å². The Balaban J connectivity index is 2.02. The Hall–Kier alpha value is -2.18. The number of rotatable bonds is 4. The molecule has 0 aliphatic rings. The van der Waals surface area contributed by atoms with Gasteiger partial charge >= 0.3 is 0 Å². The zero-order valence-corrected chi connectivity index (χ0v) is 12.6. The number of benzene rings is 2. The standard InChI is InChI=1S/C15H12N2O2S2/c16-14(20)9-19-11-5-3-4-10(8-11)17-15(18)12-6-1-2-7-13(12)21-17/h1-8H,9H2,(H2,16,20). The van der Waals surface area contributed by atoms with Gasteiger partial charge in [0.05, 0.1) is 15.8 Å². The van der Waals surface area contributed by atoms with E-state index in [1.165, 1.54) is 11.5 Å². The van der Waals surface area contributed by atoms with Crippen LogP contribution < -0.4 is 16.0 Å². The van der Waals surface area contributed by atoms with Crippen molar-refractivity contribution in [3.8, 4) is 11.4 Å². The molecule has 0 saturated heterocycles. The van der Waals surface area contributed by atoms with Gasteiger partial charge in [-0.1, -0.05) is 41.9 Å². The van der Waals surface area contributed by atoms with Crippen molar-refractivity contribution in [3.63, 3.8) is 0 Å². The summed E-state index contributed by atoms with van der Waals surface area (Å²) in [6, 6.07) is 14.9. The largest absolute Gasteiger partial charge is 0.486 e. The van der Waals surface area contributed by atoms with Crippen molar-refractivity contribution in [3.05, 3.63) is 58.9 Å². The average Bonchev–Trinajstić information content (AvgIpc) is 2.83. The van der Waals surface area contributed by atoms with Crippen molar-refractivity contribution < 1.29 is 4.74 Å². The molecule has 0 atom stereocenters. The number of aromatic nitrogens is 1. The van der Waals surface area contributed by atoms with Gasteiger partial charge in [-0.3, -0.25) is 4.79 Å². The molecular weight excluding hydrogens is 304 g/mol. The van der Waals surface area contributed by atoms with Crippen LogP contribution in [-0.4, -0.2) is 15.6 Å². The van der Waals surface area contributed by atoms with Crippen LogP contribution in [0.2, 0.25) is 0 Å². The van der Waals surface area contributed by atoms with Gasteiger partial charge in [0, 0.05) is 6.07 Å². The van der Waals surface area contributed by atoms with Gasteiger partial charge in [-0.05, 0) is 24.3 Å². The lowest BCUT2D eigenvalue weighted by molar-refractivity contribution is 0.377. The van der Waals surface area contributed by atoms with E-state index in [0.717, 1.165) is 15.8 Å². The van der Waals surface area contributed by atoms with Gasteiger partial charge in [0.2, 0.25) is 0 Å². The Morgan fingerprint density at radius 3 is 2.81 bits per heavy atom. The van der Waals surface area contributed by atoms with Crippen molar-refractivity contribution in [1.82, 2.24) is 3.96 Å². The number of hydrogen-bond acceptors (Lipinski definition) is 4. The van der Waals surface area contributed by atoms with E-state index in [9.17, 15) is 4.79 Å². The molecular formula is C15H12N2O2S2. The highest BCUT2D eigenvalue weighted by atomic mass is 32.1. The third kappa shape index (κ3) is 2.81. The molecule has 0 spiro atoms. The fraction of sp³-hybridized carbons (Fsp3) is 0.0667. The lowest BCUT2D eigenvalue weighted by atomic mass is 10.3. The lowest BCUT2D eigenvalue weighted by Crippen LogP contribution is -2.18. The van der Waals surface area contributed by atoms with Crippen LogP contribution in [0.4, 0.5) is 0 Å². The van der Waals surface area contributed by atoms with E-state index in [0.29, 0.717) is 10.7 Å². The zero-order valence-electron chi connectivity index (χ0n) is 11.0. The smallest absolute Gasteiger partial charge is 0.273 e. The molecule has 0 fully saturated rings. The second kappa shape index (κ2) is 5.67. The minimum absolute atomic E-state index is 0.0258. The minimum atomic E-state index is -0.0258. The number of nitrogens with zero attached hydrogens (tertiary/aromatic N) is 1. The first-order chi connectivity index (χ1) is 10.1. The molecule has 21 heavy (non-hydrogen) atoms. The Bertz CT molecular complexity index is 867. The summed E-state index contributed by atoms with van der Waals surface area (Å²) in [7, 11) is 0. The van der Waals surface area contributed by atoms with E-state index in [4.69, 9.17) is 22.7 Å². The third-order valence-electron chi connectivity index (χ3n) is 2.92. The molecule has 3 aromatic rings. The molecule has 3 rings (SSSR count). The van der Waals surface area contributed by atoms with E-state index in [1.54, 1.807) is 16.1 Å². The molecule has 1 heterocycles. The minimum Gasteiger partial charge on any atom is -0.486 e. The maximum Gasteiger partial charge on any atom is 0.273 e. The van der Waals surface area contributed by atoms with Crippen LogP contribution in [0.3, 0.4) is 0 Å². The molecule has 0 saturated carbocycles. The number of ether oxygens (including phenoxy) is 1. The predicted molar refractivity (Wildman–Crippen MR) is 89.7 cm³/mol. The summed E-state index contributed by atoms with van der Waals surface area (Å²) in [6.45, 7) is 0.181. The van der Waals surface area contributed by atoms with Crippen LogP contribution in [0, 0.1) is 0 Å². The molecule has 0 aliphatic heterocycles. The Morgan fingerprint density at radius 1 is 1.24 bits per heavy atom. The second-order valence-electron chi connectivity index (χ2n) is 4.44. The molecule has 0 amide bonds. The molecule has 1 aromatic heterocycles. The van der Waals surface area contributed by atoms with Crippen LogP contribution in [0.25, 0.3) is 15.8 Å². The predicted octanol–water partition coefficient (Wildman–Crippen LogP) is 2.72. The fourth-order valence-electron chi connectivity index (χ4n) is 2.00. The second-order valence-corrected chi connectivity index (χ2v) is 5.95. The summed E-state index contributed by atoms with van der Waals surface area (Å²) in [5.74, 6) is 0.629. The van der Waals surface area contributed by atoms with Gasteiger partial charge in [0.15, 0.2) is 0 Å². The average molecular weight is 316 g/mol. The van der Waals surface area contributed by atoms with Crippen molar-refractivity contribution >= 4 is 38.8 Å². The van der Waals surface area contributed by atoms with Gasteiger partial charge < -0.3 is 10.5 Å². The van der Waals surface area contributed by atoms with Gasteiger partial charge in [-0.15, -0.1) is 0 Å². The maximum absolute atomic E-state index is 12.4. The van der Waals surface area contributed by atoms with E-state index >= 15 is 0 Å². The number of fused-ring (bicyclic) bond motifs is 1. The maximum atomic E-state index is 12.4. The van der Waals surface area contributed by atoms with Crippen molar-refractivity contribution in [2.45, 2.75) is 0 Å². The van der Waals surface area contributed by atoms with Crippen molar-refractivity contribution in [2.24, 2.45) is 5.73 Å². The molecule has 0 bridgehead atoms. The van der Waals surface area contributed by atoms with Crippen LogP contribution in [0.1, 0.15) is 0 Å². The number of thiocarbonyl (C=S) groups is 1. The van der Waals surface area contributed by atoms with Gasteiger partial charge in [0.1, 0.15) is 17.3 Å². The van der Waals surface area contributed by atoms with Gasteiger partial charge in [-0.2, -0.15) is 0 Å². The summed E-state index contributed by atoms with van der Waals surface area (Å²) < 4.78 is 8.07. The third-order valence-corrected chi connectivity index (χ3v) is 4.15. The summed E-state index contributed by atoms with van der Waals surface area (Å²) in [4.78, 5) is 12.7. The quantitative estimate of drug-likeness (QED) is 0.752. The topological polar surface area (TPSA) is 57.2 Å². The molecule has 106 valence electrons. The van der Waals surface area contributed by atoms with E-state index < -0.39 is 0 Å². The van der Waals surface area contributed by atoms with Gasteiger partial charge in [-0.25, -0.2) is 3.96 Å². The van der Waals surface area contributed by atoms with Gasteiger partial charge in [0.25, 0.3) is 5.56 Å². The number of hydrogen-bond donors (Lipinski definition) is 1. The van der Waals surface area contributed by atoms with E-state index in [2.05, 4.69) is 0 Å². The summed E-state index contributed by atoms with van der Waals surface area (Å²) in [5, 5.41) is 0.719. The molecule has 6 heteroatoms. The van der Waals surface area contributed by atoms with Crippen molar-refractivity contribution in [2.75, 3.05) is 6.61 Å². The zero-order chi connectivity index (χ0) is 14.8. The number of nitrogens with two attached hydrogens (primary N) is 1. The summed E-state index contributed by atoms with van der Waals surface area (Å²) >= 11 is 6.19. The highest BCUT2D eigenvalue weighted by Gasteiger charge is 2.09. The van der Waals surface area contributed by atoms with E-state index in [-0.39, 0.29) is 12.2 Å². The fourth-order valence-corrected chi connectivity index (χ4v) is 3.05. The van der Waals surface area contributed by atoms with Crippen LogP contribution in [-0.2, 0) is 0 Å². The first-order valence-electron chi connectivity index (χ1n) is 6.28. The lowest BCUT2D eigenvalue weighted by Gasteiger charge is -2.06. The molecule has 2 aromatic carbocycles. The molecule has 0 aliphatic carbocycles. The summed E-state index contributed by atoms with van der Waals surface area (Å²) in [5.41, 5.74) is 6.16. The van der Waals surface area contributed by atoms with Crippen molar-refractivity contribution in [1.29, 1.82) is 0 Å². The SMILES string of the molecule is NC(=S)COc1cccc(-n2sc3ccccc3c2=O)c1. The molecule has 2 N–H and O–H groups in total. The normalized spacial score (nSPS) is 10.7.